The number of para-hydroxylation sites is 1. The van der Waals surface area contributed by atoms with Gasteiger partial charge < -0.3 is 34.5 Å². The van der Waals surface area contributed by atoms with Crippen LogP contribution in [-0.4, -0.2) is 128 Å². The van der Waals surface area contributed by atoms with Crippen LogP contribution in [0.2, 0.25) is 0 Å². The Balaban J connectivity index is 1.11. The van der Waals surface area contributed by atoms with E-state index in [2.05, 4.69) is 26.8 Å². The maximum absolute atomic E-state index is 14.9. The van der Waals surface area contributed by atoms with Gasteiger partial charge in [-0.25, -0.2) is 18.2 Å². The number of amides is 4. The summed E-state index contributed by atoms with van der Waals surface area (Å²) in [4.78, 5) is 65.5. The fourth-order valence-corrected chi connectivity index (χ4v) is 10.6. The summed E-state index contributed by atoms with van der Waals surface area (Å²) in [6.07, 6.45) is 6.94. The van der Waals surface area contributed by atoms with Crippen LogP contribution in [0.25, 0.3) is 10.9 Å². The molecular weight excluding hydrogens is 829 g/mol. The highest BCUT2D eigenvalue weighted by Gasteiger charge is 2.63. The molecule has 344 valence electrons. The van der Waals surface area contributed by atoms with Crippen molar-refractivity contribution in [1.29, 1.82) is 0 Å². The fraction of sp³-hybridized carbons (Fsp3) is 0.674. The van der Waals surface area contributed by atoms with Crippen molar-refractivity contribution < 1.29 is 46.5 Å². The third-order valence-corrected chi connectivity index (χ3v) is 16.2. The number of methoxy groups -OCH3 is 1. The van der Waals surface area contributed by atoms with Gasteiger partial charge >= 0.3 is 6.09 Å². The van der Waals surface area contributed by atoms with E-state index in [1.165, 1.54) is 11.0 Å². The van der Waals surface area contributed by atoms with Gasteiger partial charge in [0, 0.05) is 44.5 Å². The zero-order valence-electron chi connectivity index (χ0n) is 37.3. The molecule has 1 aromatic carbocycles. The van der Waals surface area contributed by atoms with Gasteiger partial charge in [-0.3, -0.25) is 24.0 Å². The standard InChI is InChI=1S/C46H64N6O10S/c1-7-29-24-46(29,42(55)50-63(57,58)45(5)18-19-45)49-39(53)35-23-30-27-52(35)41(54)38(44(2,3)4)48-43(56)62-36-22-28(36)14-9-8-10-16-33-37(60-21-13-20-51-25-31(26-51)59-6)32-15-11-12-17-34(32)47-40(33)61-30/h7,11-12,15,17,28-31,35-36,38H,1,8-10,13-14,16,18-27H2,2-6H3,(H,48,56)(H,49,53)(H,50,55)/t28-,29-,30-,35+,36-,38-,46-/m1/s1. The van der Waals surface area contributed by atoms with Crippen LogP contribution in [0, 0.1) is 17.3 Å². The Hall–Kier alpha value is -4.48. The first-order chi connectivity index (χ1) is 29.9. The second kappa shape index (κ2) is 17.5. The zero-order valence-corrected chi connectivity index (χ0v) is 38.1. The second-order valence-electron chi connectivity index (χ2n) is 19.9. The molecule has 4 amide bonds. The Kier molecular flexibility index (Phi) is 12.5. The summed E-state index contributed by atoms with van der Waals surface area (Å²) >= 11 is 0. The maximum atomic E-state index is 14.9. The van der Waals surface area contributed by atoms with Crippen molar-refractivity contribution in [2.45, 2.75) is 139 Å². The molecule has 0 unspecified atom stereocenters. The Labute approximate surface area is 370 Å². The third kappa shape index (κ3) is 9.51. The molecule has 17 heteroatoms. The van der Waals surface area contributed by atoms with Gasteiger partial charge in [0.25, 0.3) is 5.91 Å². The van der Waals surface area contributed by atoms with E-state index in [0.717, 1.165) is 69.1 Å². The van der Waals surface area contributed by atoms with Crippen molar-refractivity contribution in [3.05, 3.63) is 42.5 Å². The van der Waals surface area contributed by atoms with Crippen molar-refractivity contribution in [3.63, 3.8) is 0 Å². The minimum absolute atomic E-state index is 0.0257. The number of aromatic nitrogens is 1. The van der Waals surface area contributed by atoms with Crippen molar-refractivity contribution >= 4 is 44.7 Å². The number of carbonyl (C=O) groups is 4. The number of sulfonamides is 1. The van der Waals surface area contributed by atoms with E-state index in [1.807, 2.05) is 45.0 Å². The van der Waals surface area contributed by atoms with E-state index in [9.17, 15) is 27.6 Å². The lowest BCUT2D eigenvalue weighted by atomic mass is 9.85. The molecule has 5 fully saturated rings. The number of benzene rings is 1. The van der Waals surface area contributed by atoms with Crippen LogP contribution in [0.4, 0.5) is 4.79 Å². The van der Waals surface area contributed by atoms with Gasteiger partial charge in [-0.2, -0.15) is 0 Å². The van der Waals surface area contributed by atoms with Gasteiger partial charge in [0.05, 0.1) is 35.1 Å². The minimum atomic E-state index is -4.02. The predicted molar refractivity (Wildman–Crippen MR) is 234 cm³/mol. The van der Waals surface area contributed by atoms with E-state index >= 15 is 0 Å². The average molecular weight is 893 g/mol. The highest BCUT2D eigenvalue weighted by atomic mass is 32.2. The summed E-state index contributed by atoms with van der Waals surface area (Å²) < 4.78 is 52.3. The third-order valence-electron chi connectivity index (χ3n) is 14.0. The highest BCUT2D eigenvalue weighted by molar-refractivity contribution is 7.91. The van der Waals surface area contributed by atoms with Gasteiger partial charge in [-0.05, 0) is 81.8 Å². The molecule has 3 aliphatic carbocycles. The van der Waals surface area contributed by atoms with Gasteiger partial charge in [0.15, 0.2) is 0 Å². The molecule has 2 aromatic rings. The molecule has 6 aliphatic rings. The maximum Gasteiger partial charge on any atom is 0.408 e. The number of carbonyl (C=O) groups excluding carboxylic acids is 4. The van der Waals surface area contributed by atoms with E-state index in [0.29, 0.717) is 43.0 Å². The first-order valence-corrected chi connectivity index (χ1v) is 24.2. The number of rotatable bonds is 12. The molecule has 8 rings (SSSR count). The Bertz CT molecular complexity index is 2220. The molecule has 2 bridgehead atoms. The van der Waals surface area contributed by atoms with Crippen LogP contribution in [0.5, 0.6) is 11.6 Å². The van der Waals surface area contributed by atoms with Crippen LogP contribution in [-0.2, 0) is 40.3 Å². The van der Waals surface area contributed by atoms with Crippen LogP contribution in [0.15, 0.2) is 36.9 Å². The van der Waals surface area contributed by atoms with Crippen molar-refractivity contribution in [3.8, 4) is 11.6 Å². The Morgan fingerprint density at radius 1 is 1.08 bits per heavy atom. The van der Waals surface area contributed by atoms with Crippen molar-refractivity contribution in [1.82, 2.24) is 30.1 Å². The molecule has 4 heterocycles. The van der Waals surface area contributed by atoms with Crippen LogP contribution < -0.4 is 24.8 Å². The van der Waals surface area contributed by atoms with Gasteiger partial charge in [0.2, 0.25) is 27.7 Å². The molecule has 2 saturated heterocycles. The SMILES string of the molecule is C=C[C@@H]1C[C@]1(NC(=O)[C@@H]1C[C@@H]2CN1C(=O)[C@H](C(C)(C)C)NC(=O)O[C@@H]1C[C@H]1CCCCCc1c(nc3ccccc3c1OCCCN1CC(OC)C1)O2)C(=O)NS(=O)(=O)C1(C)CC1. The molecule has 3 aliphatic heterocycles. The number of hydrogen-bond donors (Lipinski definition) is 3. The van der Waals surface area contributed by atoms with Crippen LogP contribution in [0.3, 0.4) is 0 Å². The summed E-state index contributed by atoms with van der Waals surface area (Å²) in [5.74, 6) is -1.23. The monoisotopic (exact) mass is 892 g/mol. The number of alkyl carbamates (subject to hydrolysis) is 1. The zero-order chi connectivity index (χ0) is 44.9. The van der Waals surface area contributed by atoms with Crippen LogP contribution >= 0.6 is 0 Å². The van der Waals surface area contributed by atoms with Gasteiger partial charge in [0.1, 0.15) is 35.6 Å². The van der Waals surface area contributed by atoms with E-state index in [-0.39, 0.29) is 37.5 Å². The lowest BCUT2D eigenvalue weighted by Gasteiger charge is -2.38. The van der Waals surface area contributed by atoms with E-state index < -0.39 is 73.6 Å². The number of fused-ring (bicyclic) bond motifs is 5. The largest absolute Gasteiger partial charge is 0.492 e. The molecular formula is C46H64N6O10S. The first-order valence-electron chi connectivity index (χ1n) is 22.7. The molecule has 1 aromatic heterocycles. The quantitative estimate of drug-likeness (QED) is 0.201. The molecule has 3 saturated carbocycles. The summed E-state index contributed by atoms with van der Waals surface area (Å²) in [5, 5.41) is 6.57. The highest BCUT2D eigenvalue weighted by Crippen LogP contribution is 2.47. The normalized spacial score (nSPS) is 29.9. The summed E-state index contributed by atoms with van der Waals surface area (Å²) in [6.45, 7) is 14.0. The molecule has 63 heavy (non-hydrogen) atoms. The number of hydrogen-bond acceptors (Lipinski definition) is 12. The summed E-state index contributed by atoms with van der Waals surface area (Å²) in [6, 6.07) is 5.53. The summed E-state index contributed by atoms with van der Waals surface area (Å²) in [5.41, 5.74) is -0.880. The number of likely N-dealkylation sites (tertiary alicyclic amines) is 1. The fourth-order valence-electron chi connectivity index (χ4n) is 9.31. The van der Waals surface area contributed by atoms with Crippen molar-refractivity contribution in [2.75, 3.05) is 39.9 Å². The number of pyridine rings is 1. The number of nitrogens with zero attached hydrogens (tertiary/aromatic N) is 3. The topological polar surface area (TPSA) is 195 Å². The Morgan fingerprint density at radius 2 is 1.84 bits per heavy atom. The predicted octanol–water partition coefficient (Wildman–Crippen LogP) is 4.39. The second-order valence-corrected chi connectivity index (χ2v) is 22.1. The van der Waals surface area contributed by atoms with Crippen LogP contribution in [0.1, 0.15) is 97.5 Å². The number of nitrogens with one attached hydrogen (secondary N) is 3. The molecule has 16 nitrogen and oxygen atoms in total. The van der Waals surface area contributed by atoms with Crippen molar-refractivity contribution in [2.24, 2.45) is 17.3 Å². The molecule has 0 spiro atoms. The smallest absolute Gasteiger partial charge is 0.408 e. The first kappa shape index (κ1) is 45.1. The van der Waals surface area contributed by atoms with Gasteiger partial charge in [-0.1, -0.05) is 51.8 Å². The van der Waals surface area contributed by atoms with Gasteiger partial charge in [-0.15, -0.1) is 6.58 Å². The Morgan fingerprint density at radius 3 is 2.54 bits per heavy atom. The number of ether oxygens (including phenoxy) is 4. The molecule has 7 atom stereocenters. The molecule has 3 N–H and O–H groups in total. The summed E-state index contributed by atoms with van der Waals surface area (Å²) in [7, 11) is -2.28. The average Bonchev–Trinajstić information content (AvgIpc) is 4.18. The van der Waals surface area contributed by atoms with E-state index in [4.69, 9.17) is 23.9 Å². The van der Waals surface area contributed by atoms with E-state index in [1.54, 1.807) is 14.0 Å². The molecule has 0 radical (unpaired) electrons. The lowest BCUT2D eigenvalue weighted by Crippen LogP contribution is -2.60. The lowest BCUT2D eigenvalue weighted by molar-refractivity contribution is -0.142. The minimum Gasteiger partial charge on any atom is -0.492 e.